The van der Waals surface area contributed by atoms with Crippen molar-refractivity contribution in [3.8, 4) is 22.6 Å². The number of pyridine rings is 2. The summed E-state index contributed by atoms with van der Waals surface area (Å²) in [6, 6.07) is 11.6. The van der Waals surface area contributed by atoms with Gasteiger partial charge in [-0.25, -0.2) is 41.9 Å². The first kappa shape index (κ1) is 27.7. The third-order valence-electron chi connectivity index (χ3n) is 6.49. The van der Waals surface area contributed by atoms with Crippen molar-refractivity contribution >= 4 is 33.6 Å². The van der Waals surface area contributed by atoms with E-state index in [-0.39, 0.29) is 24.1 Å². The zero-order valence-corrected chi connectivity index (χ0v) is 22.7. The average Bonchev–Trinajstić information content (AvgIpc) is 2.97. The Kier molecular flexibility index (Phi) is 8.72. The molecule has 1 unspecified atom stereocenters. The number of thiol groups is 1. The van der Waals surface area contributed by atoms with Crippen LogP contribution >= 0.6 is 0 Å². The number of morpholine rings is 1. The third-order valence-corrected chi connectivity index (χ3v) is 6.98. The standard InChI is InChI=1S/C27H29F2N7O3S/c1-2-30-23-9-6-17(16-31-23)26-34-22-8-7-21(33-25(22)27(35-26)36-12-14-39-15-13-36)19-5-3-4-18(24(19)29)20(28)10-11-32-40(37)38/h3-9,16,20,40H,2,10-15H2,1H3,(H,30,31)(H,32,37,38). The summed E-state index contributed by atoms with van der Waals surface area (Å²) in [6.07, 6.45) is -0.176. The Morgan fingerprint density at radius 2 is 1.90 bits per heavy atom. The Balaban J connectivity index is 1.55. The molecule has 0 saturated carbocycles. The van der Waals surface area contributed by atoms with Crippen LogP contribution in [0.4, 0.5) is 20.4 Å². The highest BCUT2D eigenvalue weighted by Gasteiger charge is 2.22. The fraction of sp³-hybridized carbons (Fsp3) is 0.333. The Hall–Kier alpha value is -3.81. The van der Waals surface area contributed by atoms with E-state index in [0.717, 1.165) is 17.9 Å². The summed E-state index contributed by atoms with van der Waals surface area (Å²) in [5.41, 5.74) is 2.09. The lowest BCUT2D eigenvalue weighted by Crippen LogP contribution is -2.37. The molecule has 1 atom stereocenters. The maximum absolute atomic E-state index is 15.5. The lowest BCUT2D eigenvalue weighted by atomic mass is 10.0. The molecule has 1 aliphatic heterocycles. The summed E-state index contributed by atoms with van der Waals surface area (Å²) in [6.45, 7) is 4.89. The van der Waals surface area contributed by atoms with E-state index in [0.29, 0.717) is 54.7 Å². The minimum Gasteiger partial charge on any atom is -0.378 e. The second-order valence-corrected chi connectivity index (χ2v) is 9.96. The molecule has 1 aliphatic rings. The first-order valence-electron chi connectivity index (χ1n) is 13.0. The van der Waals surface area contributed by atoms with E-state index in [1.54, 1.807) is 24.4 Å². The van der Waals surface area contributed by atoms with Crippen LogP contribution in [0.5, 0.6) is 0 Å². The lowest BCUT2D eigenvalue weighted by Gasteiger charge is -2.28. The quantitative estimate of drug-likeness (QED) is 0.246. The molecule has 210 valence electrons. The Morgan fingerprint density at radius 3 is 2.62 bits per heavy atom. The lowest BCUT2D eigenvalue weighted by molar-refractivity contribution is 0.122. The van der Waals surface area contributed by atoms with Crippen LogP contribution in [-0.4, -0.2) is 67.7 Å². The van der Waals surface area contributed by atoms with Gasteiger partial charge in [0.1, 0.15) is 23.3 Å². The summed E-state index contributed by atoms with van der Waals surface area (Å²) in [5, 5.41) is 3.16. The van der Waals surface area contributed by atoms with Crippen molar-refractivity contribution in [2.75, 3.05) is 49.6 Å². The van der Waals surface area contributed by atoms with Gasteiger partial charge in [-0.3, -0.25) is 0 Å². The molecule has 10 nitrogen and oxygen atoms in total. The van der Waals surface area contributed by atoms with E-state index in [1.807, 2.05) is 19.1 Å². The topological polar surface area (TPSA) is 122 Å². The van der Waals surface area contributed by atoms with E-state index in [2.05, 4.69) is 19.9 Å². The van der Waals surface area contributed by atoms with Gasteiger partial charge in [-0.05, 0) is 43.7 Å². The Labute approximate surface area is 231 Å². The van der Waals surface area contributed by atoms with E-state index in [9.17, 15) is 12.8 Å². The number of hydrogen-bond acceptors (Lipinski definition) is 9. The van der Waals surface area contributed by atoms with Gasteiger partial charge in [0.15, 0.2) is 11.6 Å². The molecule has 0 aliphatic carbocycles. The maximum atomic E-state index is 15.5. The number of hydrogen-bond donors (Lipinski definition) is 3. The monoisotopic (exact) mass is 569 g/mol. The van der Waals surface area contributed by atoms with E-state index < -0.39 is 22.9 Å². The first-order chi connectivity index (χ1) is 19.4. The molecule has 0 bridgehead atoms. The van der Waals surface area contributed by atoms with Gasteiger partial charge < -0.3 is 15.0 Å². The molecule has 40 heavy (non-hydrogen) atoms. The Bertz CT molecular complexity index is 1560. The molecule has 0 spiro atoms. The van der Waals surface area contributed by atoms with Gasteiger partial charge >= 0.3 is 0 Å². The van der Waals surface area contributed by atoms with Gasteiger partial charge in [0.05, 0.1) is 24.4 Å². The highest BCUT2D eigenvalue weighted by atomic mass is 32.2. The van der Waals surface area contributed by atoms with Gasteiger partial charge in [-0.1, -0.05) is 12.1 Å². The number of ether oxygens (including phenoxy) is 1. The van der Waals surface area contributed by atoms with Gasteiger partial charge in [0, 0.05) is 49.1 Å². The SMILES string of the molecule is CCNc1ccc(-c2nc(N3CCOCC3)c3nc(-c4cccc(C(F)CCN[SH](=O)=O)c4F)ccc3n2)cn1. The number of anilines is 2. The largest absolute Gasteiger partial charge is 0.378 e. The zero-order valence-electron chi connectivity index (χ0n) is 21.8. The number of nitrogens with zero attached hydrogens (tertiary/aromatic N) is 5. The fourth-order valence-corrected chi connectivity index (χ4v) is 4.82. The molecular formula is C27H29F2N7O3S. The van der Waals surface area contributed by atoms with E-state index in [1.165, 1.54) is 12.1 Å². The molecular weight excluding hydrogens is 540 g/mol. The van der Waals surface area contributed by atoms with Crippen LogP contribution in [0, 0.1) is 5.82 Å². The van der Waals surface area contributed by atoms with Crippen molar-refractivity contribution in [1.29, 1.82) is 0 Å². The molecule has 1 saturated heterocycles. The van der Waals surface area contributed by atoms with Crippen LogP contribution in [-0.2, 0) is 15.6 Å². The predicted octanol–water partition coefficient (Wildman–Crippen LogP) is 3.68. The number of fused-ring (bicyclic) bond motifs is 1. The van der Waals surface area contributed by atoms with Crippen LogP contribution in [0.3, 0.4) is 0 Å². The summed E-state index contributed by atoms with van der Waals surface area (Å²) in [7, 11) is -2.85. The highest BCUT2D eigenvalue weighted by Crippen LogP contribution is 2.33. The number of benzene rings is 1. The third kappa shape index (κ3) is 6.16. The van der Waals surface area contributed by atoms with E-state index in [4.69, 9.17) is 19.7 Å². The van der Waals surface area contributed by atoms with Crippen molar-refractivity contribution in [3.63, 3.8) is 0 Å². The molecule has 4 aromatic rings. The molecule has 1 fully saturated rings. The first-order valence-corrected chi connectivity index (χ1v) is 14.1. The van der Waals surface area contributed by atoms with Crippen molar-refractivity contribution in [3.05, 3.63) is 60.0 Å². The van der Waals surface area contributed by atoms with Crippen LogP contribution < -0.4 is 14.9 Å². The molecule has 4 heterocycles. The maximum Gasteiger partial charge on any atom is 0.201 e. The molecule has 0 radical (unpaired) electrons. The van der Waals surface area contributed by atoms with Crippen LogP contribution in [0.15, 0.2) is 48.7 Å². The van der Waals surface area contributed by atoms with Crippen molar-refractivity contribution in [2.45, 2.75) is 19.5 Å². The number of rotatable bonds is 10. The number of alkyl halides is 1. The summed E-state index contributed by atoms with van der Waals surface area (Å²) >= 11 is 0. The smallest absolute Gasteiger partial charge is 0.201 e. The van der Waals surface area contributed by atoms with Crippen molar-refractivity contribution in [1.82, 2.24) is 24.7 Å². The van der Waals surface area contributed by atoms with Gasteiger partial charge in [-0.2, -0.15) is 0 Å². The van der Waals surface area contributed by atoms with Gasteiger partial charge in [0.25, 0.3) is 0 Å². The number of halogens is 2. The van der Waals surface area contributed by atoms with Crippen LogP contribution in [0.25, 0.3) is 33.7 Å². The van der Waals surface area contributed by atoms with Crippen LogP contribution in [0.1, 0.15) is 25.1 Å². The predicted molar refractivity (Wildman–Crippen MR) is 150 cm³/mol. The summed E-state index contributed by atoms with van der Waals surface area (Å²) in [5.74, 6) is 1.09. The van der Waals surface area contributed by atoms with Crippen LogP contribution in [0.2, 0.25) is 0 Å². The number of nitrogens with one attached hydrogen (secondary N) is 2. The zero-order chi connectivity index (χ0) is 28.1. The van der Waals surface area contributed by atoms with E-state index >= 15 is 4.39 Å². The number of aromatic nitrogens is 4. The second-order valence-electron chi connectivity index (χ2n) is 9.13. The molecule has 13 heteroatoms. The van der Waals surface area contributed by atoms with Crippen molar-refractivity contribution in [2.24, 2.45) is 0 Å². The van der Waals surface area contributed by atoms with Gasteiger partial charge in [-0.15, -0.1) is 0 Å². The molecule has 3 aromatic heterocycles. The molecule has 0 amide bonds. The average molecular weight is 570 g/mol. The minimum atomic E-state index is -2.85. The summed E-state index contributed by atoms with van der Waals surface area (Å²) in [4.78, 5) is 20.8. The molecule has 2 N–H and O–H groups in total. The van der Waals surface area contributed by atoms with Crippen molar-refractivity contribution < 1.29 is 21.9 Å². The fourth-order valence-electron chi connectivity index (χ4n) is 4.51. The summed E-state index contributed by atoms with van der Waals surface area (Å²) < 4.78 is 59.4. The molecule has 5 rings (SSSR count). The second kappa shape index (κ2) is 12.6. The normalized spacial score (nSPS) is 14.6. The van der Waals surface area contributed by atoms with Gasteiger partial charge in [0.2, 0.25) is 10.9 Å². The molecule has 1 aromatic carbocycles. The minimum absolute atomic E-state index is 0.130. The highest BCUT2D eigenvalue weighted by molar-refractivity contribution is 7.70. The Morgan fingerprint density at radius 1 is 1.07 bits per heavy atom.